The summed E-state index contributed by atoms with van der Waals surface area (Å²) in [5.41, 5.74) is 3.00. The number of imidazole rings is 1. The Bertz CT molecular complexity index is 1330. The molecule has 7 nitrogen and oxygen atoms in total. The number of hydrogen-bond donors (Lipinski definition) is 2. The summed E-state index contributed by atoms with van der Waals surface area (Å²) >= 11 is 1.65. The SMILES string of the molecule is CC(C)CC(NC(=O)CCn1cnc2sc3c(c2c1=O)CCCC3)c1nc2ccccc2[nH]1. The average molecular weight is 464 g/mol. The first-order chi connectivity index (χ1) is 16.0. The van der Waals surface area contributed by atoms with E-state index in [0.29, 0.717) is 12.5 Å². The van der Waals surface area contributed by atoms with Crippen LogP contribution in [0.1, 0.15) is 61.8 Å². The van der Waals surface area contributed by atoms with Gasteiger partial charge in [0.05, 0.1) is 28.8 Å². The molecular weight excluding hydrogens is 434 g/mol. The van der Waals surface area contributed by atoms with Crippen molar-refractivity contribution in [3.8, 4) is 0 Å². The predicted octanol–water partition coefficient (Wildman–Crippen LogP) is 4.51. The zero-order chi connectivity index (χ0) is 22.9. The lowest BCUT2D eigenvalue weighted by molar-refractivity contribution is -0.122. The van der Waals surface area contributed by atoms with Gasteiger partial charge in [-0.2, -0.15) is 0 Å². The van der Waals surface area contributed by atoms with Crippen molar-refractivity contribution in [2.24, 2.45) is 5.92 Å². The molecule has 0 radical (unpaired) electrons. The molecule has 0 spiro atoms. The van der Waals surface area contributed by atoms with E-state index < -0.39 is 0 Å². The van der Waals surface area contributed by atoms with Crippen LogP contribution < -0.4 is 10.9 Å². The summed E-state index contributed by atoms with van der Waals surface area (Å²) in [5, 5.41) is 3.89. The molecule has 172 valence electrons. The number of thiophene rings is 1. The number of para-hydroxylation sites is 2. The molecule has 1 aromatic carbocycles. The van der Waals surface area contributed by atoms with E-state index in [1.54, 1.807) is 22.2 Å². The number of aromatic nitrogens is 4. The second kappa shape index (κ2) is 9.09. The van der Waals surface area contributed by atoms with Gasteiger partial charge in [-0.05, 0) is 55.7 Å². The van der Waals surface area contributed by atoms with E-state index in [9.17, 15) is 9.59 Å². The fraction of sp³-hybridized carbons (Fsp3) is 0.440. The summed E-state index contributed by atoms with van der Waals surface area (Å²) in [6.07, 6.45) is 6.87. The lowest BCUT2D eigenvalue weighted by Crippen LogP contribution is -2.32. The van der Waals surface area contributed by atoms with Crippen LogP contribution in [0, 0.1) is 5.92 Å². The number of amides is 1. The topological polar surface area (TPSA) is 92.7 Å². The molecule has 0 saturated heterocycles. The molecule has 5 rings (SSSR count). The van der Waals surface area contributed by atoms with Crippen LogP contribution in [0.2, 0.25) is 0 Å². The third-order valence-corrected chi connectivity index (χ3v) is 7.50. The Morgan fingerprint density at radius 2 is 2.06 bits per heavy atom. The van der Waals surface area contributed by atoms with Gasteiger partial charge in [-0.3, -0.25) is 14.2 Å². The molecule has 0 fully saturated rings. The van der Waals surface area contributed by atoms with Crippen LogP contribution in [0.25, 0.3) is 21.3 Å². The zero-order valence-corrected chi connectivity index (χ0v) is 19.9. The number of H-pyrrole nitrogens is 1. The second-order valence-corrected chi connectivity index (χ2v) is 10.4. The molecule has 1 aliphatic rings. The summed E-state index contributed by atoms with van der Waals surface area (Å²) in [7, 11) is 0. The molecule has 0 saturated carbocycles. The van der Waals surface area contributed by atoms with Crippen LogP contribution in [-0.2, 0) is 24.2 Å². The summed E-state index contributed by atoms with van der Waals surface area (Å²) < 4.78 is 1.59. The number of aryl methyl sites for hydroxylation is 3. The fourth-order valence-electron chi connectivity index (χ4n) is 4.68. The molecule has 1 atom stereocenters. The van der Waals surface area contributed by atoms with E-state index in [4.69, 9.17) is 0 Å². The normalized spacial score (nSPS) is 14.6. The number of nitrogens with one attached hydrogen (secondary N) is 2. The summed E-state index contributed by atoms with van der Waals surface area (Å²) in [5.74, 6) is 1.06. The highest BCUT2D eigenvalue weighted by Gasteiger charge is 2.22. The predicted molar refractivity (Wildman–Crippen MR) is 132 cm³/mol. The highest BCUT2D eigenvalue weighted by molar-refractivity contribution is 7.18. The molecule has 2 N–H and O–H groups in total. The lowest BCUT2D eigenvalue weighted by Gasteiger charge is -2.19. The van der Waals surface area contributed by atoms with Gasteiger partial charge in [0.15, 0.2) is 0 Å². The van der Waals surface area contributed by atoms with Gasteiger partial charge >= 0.3 is 0 Å². The highest BCUT2D eigenvalue weighted by atomic mass is 32.1. The maximum atomic E-state index is 13.1. The summed E-state index contributed by atoms with van der Waals surface area (Å²) in [6.45, 7) is 4.57. The number of carbonyl (C=O) groups is 1. The largest absolute Gasteiger partial charge is 0.346 e. The Hall–Kier alpha value is -3.00. The van der Waals surface area contributed by atoms with Gasteiger partial charge in [0.25, 0.3) is 5.56 Å². The number of benzene rings is 1. The van der Waals surface area contributed by atoms with Gasteiger partial charge in [-0.25, -0.2) is 9.97 Å². The standard InChI is InChI=1S/C25H29N5O2S/c1-15(2)13-19(23-28-17-8-4-5-9-18(17)29-23)27-21(31)11-12-30-14-26-24-22(25(30)32)16-7-3-6-10-20(16)33-24/h4-5,8-9,14-15,19H,3,6-7,10-13H2,1-2H3,(H,27,31)(H,28,29). The van der Waals surface area contributed by atoms with Crippen LogP contribution >= 0.6 is 11.3 Å². The zero-order valence-electron chi connectivity index (χ0n) is 19.1. The van der Waals surface area contributed by atoms with Crippen molar-refractivity contribution >= 4 is 38.5 Å². The Kier molecular flexibility index (Phi) is 6.01. The van der Waals surface area contributed by atoms with Gasteiger partial charge in [0.1, 0.15) is 10.7 Å². The molecular formula is C25H29N5O2S. The minimum absolute atomic E-state index is 0.0248. The fourth-order valence-corrected chi connectivity index (χ4v) is 5.90. The molecule has 3 heterocycles. The Balaban J connectivity index is 1.32. The van der Waals surface area contributed by atoms with Crippen molar-refractivity contribution in [2.45, 2.75) is 65.0 Å². The number of aromatic amines is 1. The van der Waals surface area contributed by atoms with Crippen molar-refractivity contribution in [3.63, 3.8) is 0 Å². The van der Waals surface area contributed by atoms with Crippen LogP contribution in [0.15, 0.2) is 35.4 Å². The van der Waals surface area contributed by atoms with Gasteiger partial charge in [-0.1, -0.05) is 26.0 Å². The monoisotopic (exact) mass is 463 g/mol. The second-order valence-electron chi connectivity index (χ2n) is 9.27. The van der Waals surface area contributed by atoms with Crippen molar-refractivity contribution < 1.29 is 4.79 Å². The van der Waals surface area contributed by atoms with Gasteiger partial charge in [0, 0.05) is 17.8 Å². The molecule has 0 aliphatic heterocycles. The number of fused-ring (bicyclic) bond motifs is 4. The van der Waals surface area contributed by atoms with Crippen LogP contribution in [-0.4, -0.2) is 25.4 Å². The third-order valence-electron chi connectivity index (χ3n) is 6.30. The van der Waals surface area contributed by atoms with Crippen molar-refractivity contribution in [1.29, 1.82) is 0 Å². The minimum atomic E-state index is -0.203. The molecule has 8 heteroatoms. The van der Waals surface area contributed by atoms with Crippen molar-refractivity contribution in [3.05, 3.63) is 57.2 Å². The smallest absolute Gasteiger partial charge is 0.262 e. The van der Waals surface area contributed by atoms with Crippen molar-refractivity contribution in [2.75, 3.05) is 0 Å². The highest BCUT2D eigenvalue weighted by Crippen LogP contribution is 2.33. The first kappa shape index (κ1) is 21.8. The molecule has 1 aliphatic carbocycles. The van der Waals surface area contributed by atoms with Crippen LogP contribution in [0.5, 0.6) is 0 Å². The van der Waals surface area contributed by atoms with Crippen molar-refractivity contribution in [1.82, 2.24) is 24.8 Å². The van der Waals surface area contributed by atoms with Gasteiger partial charge in [-0.15, -0.1) is 11.3 Å². The van der Waals surface area contributed by atoms with Crippen LogP contribution in [0.4, 0.5) is 0 Å². The number of rotatable bonds is 7. The maximum absolute atomic E-state index is 13.1. The Morgan fingerprint density at radius 1 is 1.24 bits per heavy atom. The van der Waals surface area contributed by atoms with E-state index >= 15 is 0 Å². The van der Waals surface area contributed by atoms with E-state index in [1.807, 2.05) is 24.3 Å². The number of hydrogen-bond acceptors (Lipinski definition) is 5. The summed E-state index contributed by atoms with van der Waals surface area (Å²) in [4.78, 5) is 40.7. The van der Waals surface area contributed by atoms with E-state index in [-0.39, 0.29) is 23.9 Å². The lowest BCUT2D eigenvalue weighted by atomic mass is 9.97. The quantitative estimate of drug-likeness (QED) is 0.422. The van der Waals surface area contributed by atoms with Gasteiger partial charge < -0.3 is 10.3 Å². The maximum Gasteiger partial charge on any atom is 0.262 e. The number of nitrogens with zero attached hydrogens (tertiary/aromatic N) is 3. The van der Waals surface area contributed by atoms with Gasteiger partial charge in [0.2, 0.25) is 5.91 Å². The average Bonchev–Trinajstić information content (AvgIpc) is 3.39. The Morgan fingerprint density at radius 3 is 2.88 bits per heavy atom. The first-order valence-electron chi connectivity index (χ1n) is 11.7. The molecule has 3 aromatic heterocycles. The van der Waals surface area contributed by atoms with E-state index in [2.05, 4.69) is 34.1 Å². The minimum Gasteiger partial charge on any atom is -0.346 e. The van der Waals surface area contributed by atoms with E-state index in [1.165, 1.54) is 16.9 Å². The van der Waals surface area contributed by atoms with E-state index in [0.717, 1.165) is 52.8 Å². The summed E-state index contributed by atoms with van der Waals surface area (Å²) in [6, 6.07) is 7.66. The molecule has 0 bridgehead atoms. The molecule has 1 amide bonds. The first-order valence-corrected chi connectivity index (χ1v) is 12.5. The number of carbonyl (C=O) groups excluding carboxylic acids is 1. The Labute approximate surface area is 196 Å². The third kappa shape index (κ3) is 4.44. The molecule has 4 aromatic rings. The van der Waals surface area contributed by atoms with Crippen LogP contribution in [0.3, 0.4) is 0 Å². The molecule has 1 unspecified atom stereocenters. The molecule has 33 heavy (non-hydrogen) atoms.